The van der Waals surface area contributed by atoms with Crippen molar-refractivity contribution in [2.75, 3.05) is 36.8 Å². The number of nitrogens with zero attached hydrogens (tertiary/aromatic N) is 2. The standard InChI is InChI=1S/C25H31FN4O2/c1-18-6-10-21(11-7-18)27-24(31)23(19-4-2-3-5-19)29-14-16-30(17-15-29)25(32)28-22-12-8-20(26)9-13-22/h6-13,19,23H,2-5,14-17H2,1H3,(H,27,31)(H,28,32). The van der Waals surface area contributed by atoms with Gasteiger partial charge in [-0.15, -0.1) is 0 Å². The molecule has 2 aromatic rings. The molecule has 1 unspecified atom stereocenters. The van der Waals surface area contributed by atoms with Crippen LogP contribution in [0.25, 0.3) is 0 Å². The second kappa shape index (κ2) is 10.1. The summed E-state index contributed by atoms with van der Waals surface area (Å²) < 4.78 is 13.1. The van der Waals surface area contributed by atoms with Gasteiger partial charge in [-0.1, -0.05) is 30.5 Å². The number of halogens is 1. The number of aryl methyl sites for hydroxylation is 1. The summed E-state index contributed by atoms with van der Waals surface area (Å²) in [6.45, 7) is 4.43. The van der Waals surface area contributed by atoms with Crippen LogP contribution in [-0.4, -0.2) is 54.0 Å². The lowest BCUT2D eigenvalue weighted by atomic mass is 9.95. The van der Waals surface area contributed by atoms with Crippen molar-refractivity contribution >= 4 is 23.3 Å². The van der Waals surface area contributed by atoms with Crippen LogP contribution in [0.4, 0.5) is 20.6 Å². The van der Waals surface area contributed by atoms with Gasteiger partial charge in [-0.25, -0.2) is 9.18 Å². The van der Waals surface area contributed by atoms with Gasteiger partial charge in [0.2, 0.25) is 5.91 Å². The van der Waals surface area contributed by atoms with Crippen molar-refractivity contribution in [3.63, 3.8) is 0 Å². The Morgan fingerprint density at radius 1 is 0.875 bits per heavy atom. The zero-order valence-electron chi connectivity index (χ0n) is 18.5. The molecule has 1 saturated heterocycles. The van der Waals surface area contributed by atoms with Crippen molar-refractivity contribution < 1.29 is 14.0 Å². The molecule has 2 N–H and O–H groups in total. The predicted octanol–water partition coefficient (Wildman–Crippen LogP) is 4.48. The zero-order chi connectivity index (χ0) is 22.5. The van der Waals surface area contributed by atoms with Crippen LogP contribution < -0.4 is 10.6 Å². The van der Waals surface area contributed by atoms with Crippen LogP contribution in [0.2, 0.25) is 0 Å². The Kier molecular flexibility index (Phi) is 7.05. The summed E-state index contributed by atoms with van der Waals surface area (Å²) in [6.07, 6.45) is 4.46. The van der Waals surface area contributed by atoms with Gasteiger partial charge in [-0.05, 0) is 62.1 Å². The Morgan fingerprint density at radius 3 is 2.06 bits per heavy atom. The summed E-state index contributed by atoms with van der Waals surface area (Å²) in [6, 6.07) is 13.3. The van der Waals surface area contributed by atoms with Gasteiger partial charge in [-0.3, -0.25) is 9.69 Å². The molecule has 0 aromatic heterocycles. The van der Waals surface area contributed by atoms with E-state index in [1.54, 1.807) is 17.0 Å². The molecule has 6 nitrogen and oxygen atoms in total. The summed E-state index contributed by atoms with van der Waals surface area (Å²) in [4.78, 5) is 29.9. The minimum absolute atomic E-state index is 0.0463. The maximum absolute atomic E-state index is 13.3. The van der Waals surface area contributed by atoms with Gasteiger partial charge in [-0.2, -0.15) is 0 Å². The summed E-state index contributed by atoms with van der Waals surface area (Å²) >= 11 is 0. The highest BCUT2D eigenvalue weighted by atomic mass is 19.1. The molecule has 170 valence electrons. The largest absolute Gasteiger partial charge is 0.325 e. The van der Waals surface area contributed by atoms with E-state index in [0.717, 1.165) is 24.1 Å². The molecule has 3 amide bonds. The molecule has 1 atom stereocenters. The Morgan fingerprint density at radius 2 is 1.44 bits per heavy atom. The Labute approximate surface area is 188 Å². The van der Waals surface area contributed by atoms with Gasteiger partial charge < -0.3 is 15.5 Å². The third-order valence-electron chi connectivity index (χ3n) is 6.52. The number of hydrogen-bond donors (Lipinski definition) is 2. The number of anilines is 2. The minimum atomic E-state index is -0.335. The van der Waals surface area contributed by atoms with Gasteiger partial charge >= 0.3 is 6.03 Å². The molecule has 1 aliphatic carbocycles. The van der Waals surface area contributed by atoms with Gasteiger partial charge in [0.1, 0.15) is 5.82 Å². The summed E-state index contributed by atoms with van der Waals surface area (Å²) in [7, 11) is 0. The average molecular weight is 439 g/mol. The van der Waals surface area contributed by atoms with Crippen LogP contribution in [0.5, 0.6) is 0 Å². The highest BCUT2D eigenvalue weighted by Crippen LogP contribution is 2.31. The van der Waals surface area contributed by atoms with E-state index in [4.69, 9.17) is 0 Å². The highest BCUT2D eigenvalue weighted by Gasteiger charge is 2.37. The van der Waals surface area contributed by atoms with E-state index in [1.807, 2.05) is 31.2 Å². The molecular formula is C25H31FN4O2. The van der Waals surface area contributed by atoms with Gasteiger partial charge in [0.05, 0.1) is 6.04 Å². The van der Waals surface area contributed by atoms with Crippen molar-refractivity contribution in [3.8, 4) is 0 Å². The van der Waals surface area contributed by atoms with Crippen LogP contribution in [0.3, 0.4) is 0 Å². The topological polar surface area (TPSA) is 64.7 Å². The van der Waals surface area contributed by atoms with E-state index >= 15 is 0 Å². The van der Waals surface area contributed by atoms with Gasteiger partial charge in [0.25, 0.3) is 0 Å². The Hall–Kier alpha value is -2.93. The quantitative estimate of drug-likeness (QED) is 0.723. The van der Waals surface area contributed by atoms with Crippen molar-refractivity contribution in [1.82, 2.24) is 9.80 Å². The summed E-state index contributed by atoms with van der Waals surface area (Å²) in [5, 5.41) is 5.93. The number of amides is 3. The molecule has 1 heterocycles. The summed E-state index contributed by atoms with van der Waals surface area (Å²) in [5.41, 5.74) is 2.55. The second-order valence-corrected chi connectivity index (χ2v) is 8.80. The van der Waals surface area contributed by atoms with E-state index in [1.165, 1.54) is 25.0 Å². The number of rotatable bonds is 5. The van der Waals surface area contributed by atoms with E-state index in [-0.39, 0.29) is 23.8 Å². The number of benzene rings is 2. The molecule has 32 heavy (non-hydrogen) atoms. The van der Waals surface area contributed by atoms with Gasteiger partial charge in [0.15, 0.2) is 0 Å². The molecule has 1 saturated carbocycles. The first kappa shape index (κ1) is 22.3. The first-order valence-corrected chi connectivity index (χ1v) is 11.4. The van der Waals surface area contributed by atoms with Crippen molar-refractivity contribution in [1.29, 1.82) is 0 Å². The third-order valence-corrected chi connectivity index (χ3v) is 6.52. The van der Waals surface area contributed by atoms with Crippen LogP contribution in [0.15, 0.2) is 48.5 Å². The second-order valence-electron chi connectivity index (χ2n) is 8.80. The molecule has 1 aliphatic heterocycles. The lowest BCUT2D eigenvalue weighted by Gasteiger charge is -2.40. The van der Waals surface area contributed by atoms with Crippen molar-refractivity contribution in [3.05, 3.63) is 59.9 Å². The predicted molar refractivity (Wildman–Crippen MR) is 124 cm³/mol. The minimum Gasteiger partial charge on any atom is -0.325 e. The zero-order valence-corrected chi connectivity index (χ0v) is 18.5. The highest BCUT2D eigenvalue weighted by molar-refractivity contribution is 5.95. The number of hydrogen-bond acceptors (Lipinski definition) is 3. The molecule has 0 radical (unpaired) electrons. The van der Waals surface area contributed by atoms with E-state index < -0.39 is 0 Å². The lowest BCUT2D eigenvalue weighted by Crippen LogP contribution is -2.57. The Bertz CT molecular complexity index is 918. The average Bonchev–Trinajstić information content (AvgIpc) is 3.32. The number of nitrogens with one attached hydrogen (secondary N) is 2. The van der Waals surface area contributed by atoms with E-state index in [2.05, 4.69) is 15.5 Å². The van der Waals surface area contributed by atoms with Crippen LogP contribution in [-0.2, 0) is 4.79 Å². The molecule has 2 fully saturated rings. The fourth-order valence-corrected chi connectivity index (χ4v) is 4.74. The molecule has 0 bridgehead atoms. The number of carbonyl (C=O) groups is 2. The fraction of sp³-hybridized carbons (Fsp3) is 0.440. The molecule has 7 heteroatoms. The first-order valence-electron chi connectivity index (χ1n) is 11.4. The molecule has 2 aromatic carbocycles. The van der Waals surface area contributed by atoms with Crippen molar-refractivity contribution in [2.45, 2.75) is 38.6 Å². The van der Waals surface area contributed by atoms with E-state index in [0.29, 0.717) is 37.8 Å². The molecule has 2 aliphatic rings. The van der Waals surface area contributed by atoms with Crippen LogP contribution in [0, 0.1) is 18.7 Å². The smallest absolute Gasteiger partial charge is 0.321 e. The number of urea groups is 1. The maximum Gasteiger partial charge on any atom is 0.321 e. The molecular weight excluding hydrogens is 407 g/mol. The number of piperazine rings is 1. The van der Waals surface area contributed by atoms with Crippen LogP contribution >= 0.6 is 0 Å². The monoisotopic (exact) mass is 438 g/mol. The molecule has 4 rings (SSSR count). The van der Waals surface area contributed by atoms with Gasteiger partial charge in [0, 0.05) is 37.6 Å². The van der Waals surface area contributed by atoms with Crippen molar-refractivity contribution in [2.24, 2.45) is 5.92 Å². The number of carbonyl (C=O) groups excluding carboxylic acids is 2. The SMILES string of the molecule is Cc1ccc(NC(=O)C(C2CCCC2)N2CCN(C(=O)Nc3ccc(F)cc3)CC2)cc1. The Balaban J connectivity index is 1.37. The molecule has 0 spiro atoms. The normalized spacial score (nSPS) is 18.4. The summed E-state index contributed by atoms with van der Waals surface area (Å²) in [5.74, 6) is 0.0588. The maximum atomic E-state index is 13.3. The third kappa shape index (κ3) is 5.46. The van der Waals surface area contributed by atoms with E-state index in [9.17, 15) is 14.0 Å². The lowest BCUT2D eigenvalue weighted by molar-refractivity contribution is -0.123. The van der Waals surface area contributed by atoms with Crippen LogP contribution in [0.1, 0.15) is 31.2 Å². The fourth-order valence-electron chi connectivity index (χ4n) is 4.74. The first-order chi connectivity index (χ1) is 15.5.